The summed E-state index contributed by atoms with van der Waals surface area (Å²) in [7, 11) is 0. The third-order valence-corrected chi connectivity index (χ3v) is 5.94. The predicted octanol–water partition coefficient (Wildman–Crippen LogP) is 1.12. The van der Waals surface area contributed by atoms with E-state index in [4.69, 9.17) is 0 Å². The van der Waals surface area contributed by atoms with Crippen molar-refractivity contribution in [3.05, 3.63) is 54.7 Å². The number of hydrogen-bond donors (Lipinski definition) is 0. The molecule has 4 heteroatoms. The van der Waals surface area contributed by atoms with Gasteiger partial charge in [0, 0.05) is 17.2 Å². The fourth-order valence-corrected chi connectivity index (χ4v) is 5.36. The largest absolute Gasteiger partial charge is 0.416 e. The third kappa shape index (κ3) is 1.83. The Bertz CT molecular complexity index is 629. The van der Waals surface area contributed by atoms with E-state index in [1.807, 2.05) is 25.1 Å². The molecule has 1 aliphatic heterocycles. The molecule has 0 amide bonds. The maximum absolute atomic E-state index is 12.7. The lowest BCUT2D eigenvalue weighted by atomic mass is 9.99. The van der Waals surface area contributed by atoms with Gasteiger partial charge in [-0.05, 0) is 30.7 Å². The summed E-state index contributed by atoms with van der Waals surface area (Å²) in [6.45, 7) is 2.01. The fraction of sp³-hybridized carbons (Fsp3) is 0.143. The highest BCUT2D eigenvalue weighted by Crippen LogP contribution is 2.32. The van der Waals surface area contributed by atoms with Crippen LogP contribution in [0.4, 0.5) is 13.2 Å². The number of hydrogen-bond acceptors (Lipinski definition) is 0. The zero-order valence-electron chi connectivity index (χ0n) is 9.48. The molecule has 18 heavy (non-hydrogen) atoms. The van der Waals surface area contributed by atoms with Gasteiger partial charge in [0.1, 0.15) is 0 Å². The summed E-state index contributed by atoms with van der Waals surface area (Å²) >= 11 is -0.479. The lowest BCUT2D eigenvalue weighted by Gasteiger charge is -2.06. The van der Waals surface area contributed by atoms with Gasteiger partial charge < -0.3 is 0 Å². The van der Waals surface area contributed by atoms with Crippen molar-refractivity contribution in [2.75, 3.05) is 0 Å². The molecule has 0 saturated carbocycles. The van der Waals surface area contributed by atoms with Crippen molar-refractivity contribution < 1.29 is 34.4 Å². The van der Waals surface area contributed by atoms with Gasteiger partial charge in [-0.2, -0.15) is 13.2 Å². The van der Waals surface area contributed by atoms with E-state index in [0.717, 1.165) is 20.3 Å². The van der Waals surface area contributed by atoms with Crippen LogP contribution in [0.15, 0.2) is 36.4 Å². The Balaban J connectivity index is 2.17. The Morgan fingerprint density at radius 2 is 1.78 bits per heavy atom. The van der Waals surface area contributed by atoms with Gasteiger partial charge in [0.2, 0.25) is 7.14 Å². The quantitative estimate of drug-likeness (QED) is 0.527. The summed E-state index contributed by atoms with van der Waals surface area (Å²) in [5.74, 6) is 0. The van der Waals surface area contributed by atoms with Crippen LogP contribution in [0.5, 0.6) is 0 Å². The second kappa shape index (κ2) is 3.98. The summed E-state index contributed by atoms with van der Waals surface area (Å²) in [6.07, 6.45) is -4.25. The van der Waals surface area contributed by atoms with Crippen LogP contribution >= 0.6 is 0 Å². The normalized spacial score (nSPS) is 13.3. The van der Waals surface area contributed by atoms with Crippen molar-refractivity contribution >= 4 is 0 Å². The van der Waals surface area contributed by atoms with Crippen LogP contribution in [-0.4, -0.2) is 0 Å². The van der Waals surface area contributed by atoms with E-state index in [2.05, 4.69) is 0 Å². The molecule has 0 aliphatic carbocycles. The highest BCUT2D eigenvalue weighted by Gasteiger charge is 2.38. The Morgan fingerprint density at radius 3 is 2.50 bits per heavy atom. The average Bonchev–Trinajstić information content (AvgIpc) is 2.66. The monoisotopic (exact) mass is 361 g/mol. The first-order valence-electron chi connectivity index (χ1n) is 5.43. The molecule has 0 nitrogen and oxygen atoms in total. The van der Waals surface area contributed by atoms with E-state index in [1.165, 1.54) is 15.7 Å². The Labute approximate surface area is 113 Å². The molecule has 0 aromatic heterocycles. The van der Waals surface area contributed by atoms with E-state index < -0.39 is 32.9 Å². The van der Waals surface area contributed by atoms with Gasteiger partial charge in [0.05, 0.1) is 5.56 Å². The van der Waals surface area contributed by atoms with Crippen LogP contribution < -0.4 is 21.2 Å². The summed E-state index contributed by atoms with van der Waals surface area (Å²) < 4.78 is 40.1. The van der Waals surface area contributed by atoms with E-state index in [1.54, 1.807) is 6.07 Å². The van der Waals surface area contributed by atoms with Gasteiger partial charge in [-0.15, -0.1) is 0 Å². The van der Waals surface area contributed by atoms with Crippen molar-refractivity contribution in [2.45, 2.75) is 13.1 Å². The molecule has 2 aromatic carbocycles. The van der Waals surface area contributed by atoms with Crippen LogP contribution in [0.1, 0.15) is 11.1 Å². The highest BCUT2D eigenvalue weighted by molar-refractivity contribution is 5.68. The third-order valence-electron chi connectivity index (χ3n) is 2.99. The minimum atomic E-state index is -4.25. The first-order chi connectivity index (χ1) is 8.47. The summed E-state index contributed by atoms with van der Waals surface area (Å²) in [5, 5.41) is 0. The second-order valence-corrected chi connectivity index (χ2v) is 7.08. The first-order valence-corrected chi connectivity index (χ1v) is 7.58. The summed E-state index contributed by atoms with van der Waals surface area (Å²) in [4.78, 5) is 0. The SMILES string of the molecule is Cc1cccc2c1-c1ccc(C(F)(F)F)cc1[I+]2. The standard InChI is InChI=1S/C14H9F3I/c1-8-3-2-4-11-13(8)10-6-5-9(14(15,16)17)7-12(10)18-11/h2-7H,1H3/q+1. The molecule has 0 radical (unpaired) electrons. The molecule has 0 spiro atoms. The molecule has 3 rings (SSSR count). The van der Waals surface area contributed by atoms with Crippen LogP contribution in [0.2, 0.25) is 0 Å². The predicted molar refractivity (Wildman–Crippen MR) is 59.0 cm³/mol. The molecule has 92 valence electrons. The van der Waals surface area contributed by atoms with Crippen molar-refractivity contribution in [1.82, 2.24) is 0 Å². The van der Waals surface area contributed by atoms with Gasteiger partial charge >= 0.3 is 27.4 Å². The lowest BCUT2D eigenvalue weighted by Crippen LogP contribution is -3.61. The molecule has 0 unspecified atom stereocenters. The van der Waals surface area contributed by atoms with Crippen molar-refractivity contribution in [2.24, 2.45) is 0 Å². The lowest BCUT2D eigenvalue weighted by molar-refractivity contribution is -0.590. The van der Waals surface area contributed by atoms with Gasteiger partial charge in [-0.1, -0.05) is 12.1 Å². The van der Waals surface area contributed by atoms with Crippen LogP contribution in [0, 0.1) is 14.1 Å². The Morgan fingerprint density at radius 1 is 1.00 bits per heavy atom. The number of rotatable bonds is 0. The van der Waals surface area contributed by atoms with Crippen molar-refractivity contribution in [1.29, 1.82) is 0 Å². The highest BCUT2D eigenvalue weighted by atomic mass is 127. The van der Waals surface area contributed by atoms with E-state index in [0.29, 0.717) is 0 Å². The Hall–Kier alpha value is -1.04. The topological polar surface area (TPSA) is 0 Å². The molecule has 0 saturated heterocycles. The molecule has 2 aromatic rings. The van der Waals surface area contributed by atoms with Crippen LogP contribution in [-0.2, 0) is 6.18 Å². The smallest absolute Gasteiger partial charge is 0.166 e. The zero-order chi connectivity index (χ0) is 12.9. The molecular weight excluding hydrogens is 352 g/mol. The van der Waals surface area contributed by atoms with Crippen LogP contribution in [0.3, 0.4) is 0 Å². The second-order valence-electron chi connectivity index (χ2n) is 4.22. The van der Waals surface area contributed by atoms with Gasteiger partial charge in [-0.25, -0.2) is 0 Å². The van der Waals surface area contributed by atoms with E-state index in [9.17, 15) is 13.2 Å². The maximum Gasteiger partial charge on any atom is 0.416 e. The van der Waals surface area contributed by atoms with Crippen molar-refractivity contribution in [3.8, 4) is 11.1 Å². The number of alkyl halides is 3. The summed E-state index contributed by atoms with van der Waals surface area (Å²) in [6, 6.07) is 10.1. The molecule has 0 atom stereocenters. The van der Waals surface area contributed by atoms with E-state index >= 15 is 0 Å². The van der Waals surface area contributed by atoms with Gasteiger partial charge in [0.15, 0.2) is 0 Å². The molecule has 0 fully saturated rings. The van der Waals surface area contributed by atoms with Gasteiger partial charge in [0.25, 0.3) is 0 Å². The maximum atomic E-state index is 12.7. The number of aryl methyl sites for hydroxylation is 1. The first kappa shape index (κ1) is 12.0. The molecule has 1 aliphatic rings. The van der Waals surface area contributed by atoms with Crippen molar-refractivity contribution in [3.63, 3.8) is 0 Å². The zero-order valence-corrected chi connectivity index (χ0v) is 11.6. The summed E-state index contributed by atoms with van der Waals surface area (Å²) in [5.41, 5.74) is 2.75. The number of benzene rings is 2. The Kier molecular flexibility index (Phi) is 2.66. The van der Waals surface area contributed by atoms with Crippen LogP contribution in [0.25, 0.3) is 11.1 Å². The molecule has 0 N–H and O–H groups in total. The average molecular weight is 361 g/mol. The number of halogens is 4. The minimum absolute atomic E-state index is 0.479. The fourth-order valence-electron chi connectivity index (χ4n) is 2.13. The molecule has 1 heterocycles. The molecular formula is C14H9F3I+. The molecule has 0 bridgehead atoms. The number of fused-ring (bicyclic) bond motifs is 3. The van der Waals surface area contributed by atoms with Gasteiger partial charge in [-0.3, -0.25) is 0 Å². The van der Waals surface area contributed by atoms with E-state index in [-0.39, 0.29) is 0 Å². The minimum Gasteiger partial charge on any atom is -0.166 e.